The summed E-state index contributed by atoms with van der Waals surface area (Å²) in [5, 5.41) is 3.78. The number of carbonyl (C=O) groups excluding carboxylic acids is 1. The van der Waals surface area contributed by atoms with E-state index < -0.39 is 16.2 Å². The van der Waals surface area contributed by atoms with E-state index in [-0.39, 0.29) is 24.4 Å². The minimum atomic E-state index is -3.90. The summed E-state index contributed by atoms with van der Waals surface area (Å²) in [7, 11) is -3.90. The standard InChI is InChI=1S/C13H17N3O5S/c1-5-20-13(17)12-7-16(22(18,19)15-9(12)3)6-11-8(2)14-21-10(11)4/h7H,5-6H2,1-4H3. The third-order valence-corrected chi connectivity index (χ3v) is 4.53. The molecule has 0 radical (unpaired) electrons. The van der Waals surface area contributed by atoms with Crippen molar-refractivity contribution in [1.29, 1.82) is 0 Å². The summed E-state index contributed by atoms with van der Waals surface area (Å²) < 4.78 is 38.8. The fourth-order valence-corrected chi connectivity index (χ4v) is 3.08. The minimum Gasteiger partial charge on any atom is -0.462 e. The molecular formula is C13H17N3O5S. The highest BCUT2D eigenvalue weighted by atomic mass is 32.2. The molecule has 2 heterocycles. The van der Waals surface area contributed by atoms with Gasteiger partial charge in [0.1, 0.15) is 5.76 Å². The van der Waals surface area contributed by atoms with Gasteiger partial charge < -0.3 is 9.26 Å². The van der Waals surface area contributed by atoms with Gasteiger partial charge in [0.25, 0.3) is 0 Å². The molecule has 9 heteroatoms. The molecule has 0 bridgehead atoms. The number of aromatic nitrogens is 1. The summed E-state index contributed by atoms with van der Waals surface area (Å²) >= 11 is 0. The van der Waals surface area contributed by atoms with Gasteiger partial charge >= 0.3 is 16.2 Å². The first-order valence-electron chi connectivity index (χ1n) is 6.65. The van der Waals surface area contributed by atoms with Gasteiger partial charge in [0, 0.05) is 11.8 Å². The largest absolute Gasteiger partial charge is 0.462 e. The van der Waals surface area contributed by atoms with E-state index in [9.17, 15) is 13.2 Å². The molecule has 22 heavy (non-hydrogen) atoms. The molecule has 1 aliphatic heterocycles. The van der Waals surface area contributed by atoms with Gasteiger partial charge in [-0.2, -0.15) is 8.42 Å². The molecule has 0 N–H and O–H groups in total. The maximum atomic E-state index is 12.2. The number of esters is 1. The normalized spacial score (nSPS) is 17.0. The van der Waals surface area contributed by atoms with Gasteiger partial charge in [0.15, 0.2) is 0 Å². The molecule has 0 aromatic carbocycles. The Morgan fingerprint density at radius 1 is 1.36 bits per heavy atom. The van der Waals surface area contributed by atoms with Gasteiger partial charge in [-0.25, -0.2) is 4.79 Å². The minimum absolute atomic E-state index is 0.0107. The van der Waals surface area contributed by atoms with Gasteiger partial charge in [-0.05, 0) is 27.7 Å². The SMILES string of the molecule is CCOC(=O)C1=CN(Cc2c(C)noc2C)S(=O)(=O)N=C1C. The molecular weight excluding hydrogens is 310 g/mol. The Labute approximate surface area is 128 Å². The Hall–Kier alpha value is -2.16. The van der Waals surface area contributed by atoms with Crippen LogP contribution in [0, 0.1) is 13.8 Å². The van der Waals surface area contributed by atoms with E-state index in [2.05, 4.69) is 9.55 Å². The van der Waals surface area contributed by atoms with Crippen LogP contribution in [0.15, 0.2) is 20.7 Å². The van der Waals surface area contributed by atoms with Crippen LogP contribution in [0.4, 0.5) is 0 Å². The Morgan fingerprint density at radius 3 is 2.59 bits per heavy atom. The van der Waals surface area contributed by atoms with E-state index in [1.165, 1.54) is 13.1 Å². The van der Waals surface area contributed by atoms with Crippen LogP contribution in [0.1, 0.15) is 30.9 Å². The molecule has 1 aromatic heterocycles. The molecule has 0 unspecified atom stereocenters. The van der Waals surface area contributed by atoms with Crippen LogP contribution in [-0.2, 0) is 26.3 Å². The van der Waals surface area contributed by atoms with Crippen LogP contribution < -0.4 is 0 Å². The van der Waals surface area contributed by atoms with Crippen molar-refractivity contribution in [2.24, 2.45) is 4.40 Å². The van der Waals surface area contributed by atoms with Gasteiger partial charge in [0.05, 0.1) is 30.1 Å². The van der Waals surface area contributed by atoms with Gasteiger partial charge in [-0.15, -0.1) is 4.40 Å². The number of aryl methyl sites for hydroxylation is 2. The highest BCUT2D eigenvalue weighted by Crippen LogP contribution is 2.23. The molecule has 0 spiro atoms. The first-order chi connectivity index (χ1) is 10.3. The smallest absolute Gasteiger partial charge is 0.344 e. The van der Waals surface area contributed by atoms with Gasteiger partial charge in [-0.3, -0.25) is 4.31 Å². The maximum absolute atomic E-state index is 12.2. The zero-order valence-electron chi connectivity index (χ0n) is 12.8. The van der Waals surface area contributed by atoms with E-state index >= 15 is 0 Å². The Balaban J connectivity index is 2.38. The first kappa shape index (κ1) is 16.2. The van der Waals surface area contributed by atoms with Crippen LogP contribution in [0.3, 0.4) is 0 Å². The van der Waals surface area contributed by atoms with E-state index in [1.807, 2.05) is 0 Å². The lowest BCUT2D eigenvalue weighted by Gasteiger charge is -2.23. The predicted molar refractivity (Wildman–Crippen MR) is 78.3 cm³/mol. The number of nitrogens with zero attached hydrogens (tertiary/aromatic N) is 3. The molecule has 0 saturated heterocycles. The topological polar surface area (TPSA) is 102 Å². The summed E-state index contributed by atoms with van der Waals surface area (Å²) in [6.07, 6.45) is 1.24. The second-order valence-corrected chi connectivity index (χ2v) is 6.31. The quantitative estimate of drug-likeness (QED) is 0.771. The van der Waals surface area contributed by atoms with E-state index in [4.69, 9.17) is 9.26 Å². The molecule has 0 fully saturated rings. The van der Waals surface area contributed by atoms with Crippen molar-refractivity contribution < 1.29 is 22.5 Å². The van der Waals surface area contributed by atoms with Crippen LogP contribution in [0.2, 0.25) is 0 Å². The van der Waals surface area contributed by atoms with Crippen LogP contribution in [-0.4, -0.2) is 36.2 Å². The zero-order chi connectivity index (χ0) is 16.5. The predicted octanol–water partition coefficient (Wildman–Crippen LogP) is 1.26. The van der Waals surface area contributed by atoms with Crippen LogP contribution in [0.5, 0.6) is 0 Å². The summed E-state index contributed by atoms with van der Waals surface area (Å²) in [6, 6.07) is 0. The summed E-state index contributed by atoms with van der Waals surface area (Å²) in [4.78, 5) is 11.9. The monoisotopic (exact) mass is 327 g/mol. The summed E-state index contributed by atoms with van der Waals surface area (Å²) in [5.41, 5.74) is 1.44. The number of ether oxygens (including phenoxy) is 1. The molecule has 1 aromatic rings. The fraction of sp³-hybridized carbons (Fsp3) is 0.462. The molecule has 2 rings (SSSR count). The highest BCUT2D eigenvalue weighted by Gasteiger charge is 2.30. The van der Waals surface area contributed by atoms with Gasteiger partial charge in [-0.1, -0.05) is 5.16 Å². The average molecular weight is 327 g/mol. The third kappa shape index (κ3) is 3.03. The van der Waals surface area contributed by atoms with E-state index in [0.29, 0.717) is 17.0 Å². The maximum Gasteiger partial charge on any atom is 0.344 e. The molecule has 0 amide bonds. The van der Waals surface area contributed by atoms with Crippen molar-refractivity contribution in [3.63, 3.8) is 0 Å². The molecule has 120 valence electrons. The zero-order valence-corrected chi connectivity index (χ0v) is 13.6. The van der Waals surface area contributed by atoms with Crippen LogP contribution >= 0.6 is 0 Å². The molecule has 0 saturated carbocycles. The second-order valence-electron chi connectivity index (χ2n) is 4.77. The number of rotatable bonds is 4. The summed E-state index contributed by atoms with van der Waals surface area (Å²) in [6.45, 7) is 6.71. The van der Waals surface area contributed by atoms with Crippen molar-refractivity contribution in [1.82, 2.24) is 9.46 Å². The molecule has 8 nitrogen and oxygen atoms in total. The van der Waals surface area contributed by atoms with Crippen LogP contribution in [0.25, 0.3) is 0 Å². The average Bonchev–Trinajstić information content (AvgIpc) is 2.72. The van der Waals surface area contributed by atoms with Crippen molar-refractivity contribution in [2.45, 2.75) is 34.2 Å². The highest BCUT2D eigenvalue weighted by molar-refractivity contribution is 7.88. The van der Waals surface area contributed by atoms with Crippen molar-refractivity contribution in [3.8, 4) is 0 Å². The Kier molecular flexibility index (Phi) is 4.36. The molecule has 0 atom stereocenters. The van der Waals surface area contributed by atoms with Crippen molar-refractivity contribution >= 4 is 21.9 Å². The lowest BCUT2D eigenvalue weighted by Crippen LogP contribution is -2.32. The Bertz CT molecular complexity index is 741. The first-order valence-corrected chi connectivity index (χ1v) is 8.05. The third-order valence-electron chi connectivity index (χ3n) is 3.20. The Morgan fingerprint density at radius 2 is 2.05 bits per heavy atom. The van der Waals surface area contributed by atoms with E-state index in [1.54, 1.807) is 20.8 Å². The van der Waals surface area contributed by atoms with Gasteiger partial charge in [0.2, 0.25) is 0 Å². The number of hydrogen-bond acceptors (Lipinski definition) is 6. The molecule has 1 aliphatic rings. The second kappa shape index (κ2) is 5.91. The number of hydrogen-bond donors (Lipinski definition) is 0. The lowest BCUT2D eigenvalue weighted by molar-refractivity contribution is -0.137. The fourth-order valence-electron chi connectivity index (χ4n) is 2.00. The number of carbonyl (C=O) groups is 1. The van der Waals surface area contributed by atoms with E-state index in [0.717, 1.165) is 4.31 Å². The van der Waals surface area contributed by atoms with Crippen molar-refractivity contribution in [3.05, 3.63) is 28.8 Å². The van der Waals surface area contributed by atoms with Crippen molar-refractivity contribution in [2.75, 3.05) is 6.61 Å². The molecule has 0 aliphatic carbocycles. The lowest BCUT2D eigenvalue weighted by atomic mass is 10.2. The summed E-state index contributed by atoms with van der Waals surface area (Å²) in [5.74, 6) is -0.0903.